The maximum absolute atomic E-state index is 14.1. The van der Waals surface area contributed by atoms with Gasteiger partial charge in [-0.1, -0.05) is 20.8 Å². The Morgan fingerprint density at radius 2 is 2.10 bits per heavy atom. The van der Waals surface area contributed by atoms with E-state index in [2.05, 4.69) is 31.1 Å². The Bertz CT molecular complexity index is 611. The van der Waals surface area contributed by atoms with Crippen LogP contribution in [0, 0.1) is 5.82 Å². The molecule has 0 radical (unpaired) electrons. The number of benzene rings is 1. The van der Waals surface area contributed by atoms with Gasteiger partial charge in [-0.3, -0.25) is 0 Å². The van der Waals surface area contributed by atoms with Crippen molar-refractivity contribution in [1.29, 1.82) is 0 Å². The predicted molar refractivity (Wildman–Crippen MR) is 81.1 cm³/mol. The van der Waals surface area contributed by atoms with Crippen molar-refractivity contribution in [3.8, 4) is 5.75 Å². The summed E-state index contributed by atoms with van der Waals surface area (Å²) in [5, 5.41) is 4.06. The van der Waals surface area contributed by atoms with Gasteiger partial charge in [0, 0.05) is 17.9 Å². The van der Waals surface area contributed by atoms with Gasteiger partial charge in [0.25, 0.3) is 0 Å². The Balaban J connectivity index is 2.73. The predicted octanol–water partition coefficient (Wildman–Crippen LogP) is 4.33. The molecule has 0 amide bonds. The van der Waals surface area contributed by atoms with Gasteiger partial charge in [-0.25, -0.2) is 9.37 Å². The van der Waals surface area contributed by atoms with E-state index in [1.807, 2.05) is 6.07 Å². The van der Waals surface area contributed by atoms with Crippen LogP contribution in [0.15, 0.2) is 18.2 Å². The molecule has 1 heterocycles. The lowest BCUT2D eigenvalue weighted by molar-refractivity contribution is 0.419. The van der Waals surface area contributed by atoms with E-state index < -0.39 is 0 Å². The Morgan fingerprint density at radius 1 is 1.35 bits per heavy atom. The number of fused-ring (bicyclic) bond motifs is 1. The summed E-state index contributed by atoms with van der Waals surface area (Å²) in [5.41, 5.74) is 2.13. The van der Waals surface area contributed by atoms with Crippen molar-refractivity contribution in [2.24, 2.45) is 0 Å². The number of anilines is 1. The molecule has 0 spiro atoms. The molecule has 0 fully saturated rings. The van der Waals surface area contributed by atoms with Crippen LogP contribution in [0.25, 0.3) is 10.9 Å². The SMILES string of the molecule is CCCNc1cc(C(C)C)nc2c(F)ccc(OC)c12. The molecular formula is C16H21FN2O. The minimum Gasteiger partial charge on any atom is -0.496 e. The van der Waals surface area contributed by atoms with Crippen molar-refractivity contribution in [1.82, 2.24) is 4.98 Å². The van der Waals surface area contributed by atoms with Crippen LogP contribution in [0.4, 0.5) is 10.1 Å². The first kappa shape index (κ1) is 14.6. The molecule has 1 aromatic heterocycles. The average molecular weight is 276 g/mol. The minimum atomic E-state index is -0.317. The number of ether oxygens (including phenoxy) is 1. The minimum absolute atomic E-state index is 0.243. The molecule has 0 bridgehead atoms. The van der Waals surface area contributed by atoms with Gasteiger partial charge < -0.3 is 10.1 Å². The number of hydrogen-bond acceptors (Lipinski definition) is 3. The van der Waals surface area contributed by atoms with E-state index in [-0.39, 0.29) is 11.7 Å². The molecule has 3 nitrogen and oxygen atoms in total. The van der Waals surface area contributed by atoms with Gasteiger partial charge in [-0.15, -0.1) is 0 Å². The van der Waals surface area contributed by atoms with Crippen LogP contribution in [0.5, 0.6) is 5.75 Å². The standard InChI is InChI=1S/C16H21FN2O/c1-5-8-18-13-9-12(10(2)3)19-16-11(17)6-7-14(20-4)15(13)16/h6-7,9-10H,5,8H2,1-4H3,(H,18,19). The highest BCUT2D eigenvalue weighted by molar-refractivity contribution is 5.97. The second kappa shape index (κ2) is 6.07. The molecule has 0 aliphatic heterocycles. The van der Waals surface area contributed by atoms with E-state index in [0.29, 0.717) is 16.7 Å². The molecule has 0 unspecified atom stereocenters. The van der Waals surface area contributed by atoms with Gasteiger partial charge in [-0.2, -0.15) is 0 Å². The number of hydrogen-bond donors (Lipinski definition) is 1. The number of methoxy groups -OCH3 is 1. The second-order valence-electron chi connectivity index (χ2n) is 5.15. The summed E-state index contributed by atoms with van der Waals surface area (Å²) in [6.45, 7) is 7.03. The molecule has 0 atom stereocenters. The second-order valence-corrected chi connectivity index (χ2v) is 5.15. The number of nitrogens with one attached hydrogen (secondary N) is 1. The first-order chi connectivity index (χ1) is 9.58. The van der Waals surface area contributed by atoms with E-state index in [4.69, 9.17) is 4.74 Å². The number of halogens is 1. The monoisotopic (exact) mass is 276 g/mol. The van der Waals surface area contributed by atoms with E-state index in [0.717, 1.165) is 24.3 Å². The first-order valence-electron chi connectivity index (χ1n) is 6.99. The third-order valence-electron chi connectivity index (χ3n) is 3.27. The third-order valence-corrected chi connectivity index (χ3v) is 3.27. The molecule has 0 aliphatic carbocycles. The lowest BCUT2D eigenvalue weighted by Crippen LogP contribution is -2.05. The van der Waals surface area contributed by atoms with Crippen LogP contribution in [0.1, 0.15) is 38.8 Å². The molecule has 2 aromatic rings. The van der Waals surface area contributed by atoms with Crippen LogP contribution in [0.3, 0.4) is 0 Å². The highest BCUT2D eigenvalue weighted by atomic mass is 19.1. The van der Waals surface area contributed by atoms with Gasteiger partial charge in [-0.05, 0) is 30.5 Å². The van der Waals surface area contributed by atoms with Crippen molar-refractivity contribution < 1.29 is 9.13 Å². The third kappa shape index (κ3) is 2.69. The number of rotatable bonds is 5. The topological polar surface area (TPSA) is 34.2 Å². The Labute approximate surface area is 119 Å². The lowest BCUT2D eigenvalue weighted by Gasteiger charge is -2.15. The lowest BCUT2D eigenvalue weighted by atomic mass is 10.1. The maximum Gasteiger partial charge on any atom is 0.149 e. The zero-order chi connectivity index (χ0) is 14.7. The van der Waals surface area contributed by atoms with Gasteiger partial charge in [0.05, 0.1) is 12.5 Å². The van der Waals surface area contributed by atoms with E-state index >= 15 is 0 Å². The van der Waals surface area contributed by atoms with Gasteiger partial charge >= 0.3 is 0 Å². The Morgan fingerprint density at radius 3 is 2.70 bits per heavy atom. The Kier molecular flexibility index (Phi) is 4.42. The van der Waals surface area contributed by atoms with Crippen molar-refractivity contribution in [2.75, 3.05) is 19.0 Å². The fraction of sp³-hybridized carbons (Fsp3) is 0.438. The van der Waals surface area contributed by atoms with Crippen molar-refractivity contribution >= 4 is 16.6 Å². The van der Waals surface area contributed by atoms with Crippen LogP contribution in [0.2, 0.25) is 0 Å². The molecule has 0 saturated carbocycles. The summed E-state index contributed by atoms with van der Waals surface area (Å²) < 4.78 is 19.5. The molecule has 0 saturated heterocycles. The summed E-state index contributed by atoms with van der Waals surface area (Å²) in [6.07, 6.45) is 0.998. The summed E-state index contributed by atoms with van der Waals surface area (Å²) in [7, 11) is 1.59. The van der Waals surface area contributed by atoms with Crippen molar-refractivity contribution in [3.63, 3.8) is 0 Å². The molecule has 0 aliphatic rings. The normalized spacial score (nSPS) is 11.1. The summed E-state index contributed by atoms with van der Waals surface area (Å²) in [5.74, 6) is 0.567. The summed E-state index contributed by atoms with van der Waals surface area (Å²) in [4.78, 5) is 4.46. The van der Waals surface area contributed by atoms with Crippen LogP contribution in [-0.2, 0) is 0 Å². The van der Waals surface area contributed by atoms with Crippen LogP contribution >= 0.6 is 0 Å². The quantitative estimate of drug-likeness (QED) is 0.882. The average Bonchev–Trinajstić information content (AvgIpc) is 2.45. The molecule has 1 N–H and O–H groups in total. The zero-order valence-corrected chi connectivity index (χ0v) is 12.5. The first-order valence-corrected chi connectivity index (χ1v) is 6.99. The molecule has 108 valence electrons. The van der Waals surface area contributed by atoms with E-state index in [1.54, 1.807) is 13.2 Å². The molecule has 4 heteroatoms. The molecule has 1 aromatic carbocycles. The smallest absolute Gasteiger partial charge is 0.149 e. The van der Waals surface area contributed by atoms with Gasteiger partial charge in [0.2, 0.25) is 0 Å². The van der Waals surface area contributed by atoms with E-state index in [1.165, 1.54) is 6.07 Å². The van der Waals surface area contributed by atoms with Gasteiger partial charge in [0.1, 0.15) is 17.1 Å². The highest BCUT2D eigenvalue weighted by Crippen LogP contribution is 2.34. The maximum atomic E-state index is 14.1. The van der Waals surface area contributed by atoms with Crippen molar-refractivity contribution in [3.05, 3.63) is 29.7 Å². The van der Waals surface area contributed by atoms with Crippen LogP contribution in [-0.4, -0.2) is 18.6 Å². The van der Waals surface area contributed by atoms with Crippen LogP contribution < -0.4 is 10.1 Å². The zero-order valence-electron chi connectivity index (χ0n) is 12.5. The molecule has 2 rings (SSSR count). The summed E-state index contributed by atoms with van der Waals surface area (Å²) in [6, 6.07) is 5.04. The summed E-state index contributed by atoms with van der Waals surface area (Å²) >= 11 is 0. The van der Waals surface area contributed by atoms with Crippen molar-refractivity contribution in [2.45, 2.75) is 33.1 Å². The Hall–Kier alpha value is -1.84. The highest BCUT2D eigenvalue weighted by Gasteiger charge is 2.15. The molecule has 20 heavy (non-hydrogen) atoms. The fourth-order valence-corrected chi connectivity index (χ4v) is 2.16. The number of pyridine rings is 1. The number of aromatic nitrogens is 1. The van der Waals surface area contributed by atoms with E-state index in [9.17, 15) is 4.39 Å². The number of nitrogens with zero attached hydrogens (tertiary/aromatic N) is 1. The fourth-order valence-electron chi connectivity index (χ4n) is 2.16. The largest absolute Gasteiger partial charge is 0.496 e. The molecular weight excluding hydrogens is 255 g/mol. The van der Waals surface area contributed by atoms with Gasteiger partial charge in [0.15, 0.2) is 0 Å².